The fraction of sp³-hybridized carbons (Fsp3) is 0.400. The highest BCUT2D eigenvalue weighted by Gasteiger charge is 2.07. The quantitative estimate of drug-likeness (QED) is 0.728. The number of hydrogen-bond acceptors (Lipinski definition) is 2. The molecule has 0 bridgehead atoms. The van der Waals surface area contributed by atoms with Crippen molar-refractivity contribution in [1.82, 2.24) is 0 Å². The molecule has 1 rings (SSSR count). The standard InChI is InChI=1S/C10H14O2/c1-7-4-5-9(8(2)11)10(6-7)12-3/h4-6,8,11H,1-3H3. The lowest BCUT2D eigenvalue weighted by Gasteiger charge is -2.10. The van der Waals surface area contributed by atoms with Crippen molar-refractivity contribution in [1.29, 1.82) is 0 Å². The second-order valence-electron chi connectivity index (χ2n) is 2.92. The average molecular weight is 166 g/mol. The number of aliphatic hydroxyl groups excluding tert-OH is 1. The molecule has 0 saturated heterocycles. The third-order valence-electron chi connectivity index (χ3n) is 1.84. The van der Waals surface area contributed by atoms with Gasteiger partial charge in [0.25, 0.3) is 0 Å². The summed E-state index contributed by atoms with van der Waals surface area (Å²) in [6.07, 6.45) is -0.472. The Bertz CT molecular complexity index is 267. The second kappa shape index (κ2) is 3.59. The summed E-state index contributed by atoms with van der Waals surface area (Å²) in [5.74, 6) is 0.755. The van der Waals surface area contributed by atoms with Gasteiger partial charge in [-0.3, -0.25) is 0 Å². The molecule has 0 aliphatic heterocycles. The van der Waals surface area contributed by atoms with Gasteiger partial charge < -0.3 is 9.84 Å². The maximum Gasteiger partial charge on any atom is 0.124 e. The highest BCUT2D eigenvalue weighted by atomic mass is 16.5. The SMILES string of the molecule is COc1cc(C)ccc1C(C)O. The average Bonchev–Trinajstić information content (AvgIpc) is 2.03. The molecule has 12 heavy (non-hydrogen) atoms. The maximum absolute atomic E-state index is 9.35. The van der Waals surface area contributed by atoms with Gasteiger partial charge in [0.15, 0.2) is 0 Å². The van der Waals surface area contributed by atoms with E-state index in [0.717, 1.165) is 16.9 Å². The minimum Gasteiger partial charge on any atom is -0.496 e. The van der Waals surface area contributed by atoms with E-state index in [1.165, 1.54) is 0 Å². The molecule has 0 aromatic heterocycles. The van der Waals surface area contributed by atoms with Crippen LogP contribution in [-0.4, -0.2) is 12.2 Å². The smallest absolute Gasteiger partial charge is 0.124 e. The molecule has 1 atom stereocenters. The Morgan fingerprint density at radius 3 is 2.58 bits per heavy atom. The predicted octanol–water partition coefficient (Wildman–Crippen LogP) is 2.06. The minimum absolute atomic E-state index is 0.472. The van der Waals surface area contributed by atoms with Crippen LogP contribution in [-0.2, 0) is 0 Å². The van der Waals surface area contributed by atoms with Crippen molar-refractivity contribution < 1.29 is 9.84 Å². The van der Waals surface area contributed by atoms with Crippen molar-refractivity contribution in [3.8, 4) is 5.75 Å². The summed E-state index contributed by atoms with van der Waals surface area (Å²) in [5.41, 5.74) is 1.97. The van der Waals surface area contributed by atoms with Gasteiger partial charge in [0.1, 0.15) is 5.75 Å². The molecule has 0 heterocycles. The van der Waals surface area contributed by atoms with Crippen LogP contribution in [0.4, 0.5) is 0 Å². The fourth-order valence-corrected chi connectivity index (χ4v) is 1.16. The number of aliphatic hydroxyl groups is 1. The summed E-state index contributed by atoms with van der Waals surface area (Å²) in [6, 6.07) is 5.77. The van der Waals surface area contributed by atoms with E-state index in [0.29, 0.717) is 0 Å². The summed E-state index contributed by atoms with van der Waals surface area (Å²) in [4.78, 5) is 0. The van der Waals surface area contributed by atoms with Crippen molar-refractivity contribution in [2.24, 2.45) is 0 Å². The lowest BCUT2D eigenvalue weighted by molar-refractivity contribution is 0.194. The van der Waals surface area contributed by atoms with Gasteiger partial charge in [-0.15, -0.1) is 0 Å². The second-order valence-corrected chi connectivity index (χ2v) is 2.92. The molecule has 2 nitrogen and oxygen atoms in total. The maximum atomic E-state index is 9.35. The molecule has 0 spiro atoms. The van der Waals surface area contributed by atoms with Gasteiger partial charge in [-0.25, -0.2) is 0 Å². The normalized spacial score (nSPS) is 12.7. The molecule has 1 unspecified atom stereocenters. The summed E-state index contributed by atoms with van der Waals surface area (Å²) in [6.45, 7) is 3.72. The van der Waals surface area contributed by atoms with E-state index in [1.54, 1.807) is 14.0 Å². The van der Waals surface area contributed by atoms with Crippen molar-refractivity contribution in [2.45, 2.75) is 20.0 Å². The van der Waals surface area contributed by atoms with Crippen LogP contribution in [0.25, 0.3) is 0 Å². The first-order valence-corrected chi connectivity index (χ1v) is 3.97. The zero-order valence-corrected chi connectivity index (χ0v) is 7.66. The van der Waals surface area contributed by atoms with Gasteiger partial charge in [-0.05, 0) is 25.5 Å². The number of methoxy groups -OCH3 is 1. The van der Waals surface area contributed by atoms with Gasteiger partial charge >= 0.3 is 0 Å². The third kappa shape index (κ3) is 1.77. The molecule has 0 aliphatic rings. The molecule has 1 aromatic rings. The third-order valence-corrected chi connectivity index (χ3v) is 1.84. The van der Waals surface area contributed by atoms with Crippen LogP contribution < -0.4 is 4.74 Å². The van der Waals surface area contributed by atoms with Crippen LogP contribution in [0.2, 0.25) is 0 Å². The summed E-state index contributed by atoms with van der Waals surface area (Å²) in [7, 11) is 1.61. The first-order valence-electron chi connectivity index (χ1n) is 3.97. The van der Waals surface area contributed by atoms with E-state index < -0.39 is 6.10 Å². The van der Waals surface area contributed by atoms with E-state index in [4.69, 9.17) is 4.74 Å². The Morgan fingerprint density at radius 1 is 1.42 bits per heavy atom. The van der Waals surface area contributed by atoms with Crippen LogP contribution in [0.1, 0.15) is 24.2 Å². The van der Waals surface area contributed by atoms with Gasteiger partial charge in [0.05, 0.1) is 13.2 Å². The minimum atomic E-state index is -0.472. The van der Waals surface area contributed by atoms with Crippen molar-refractivity contribution in [3.63, 3.8) is 0 Å². The predicted molar refractivity (Wildman–Crippen MR) is 48.4 cm³/mol. The first kappa shape index (κ1) is 9.07. The van der Waals surface area contributed by atoms with Crippen molar-refractivity contribution in [2.75, 3.05) is 7.11 Å². The molecule has 66 valence electrons. The van der Waals surface area contributed by atoms with E-state index in [-0.39, 0.29) is 0 Å². The summed E-state index contributed by atoms with van der Waals surface area (Å²) in [5, 5.41) is 9.35. The van der Waals surface area contributed by atoms with Crippen LogP contribution >= 0.6 is 0 Å². The lowest BCUT2D eigenvalue weighted by Crippen LogP contribution is -1.96. The molecule has 0 fully saturated rings. The van der Waals surface area contributed by atoms with E-state index in [1.807, 2.05) is 25.1 Å². The zero-order valence-electron chi connectivity index (χ0n) is 7.66. The van der Waals surface area contributed by atoms with Gasteiger partial charge in [-0.1, -0.05) is 12.1 Å². The zero-order chi connectivity index (χ0) is 9.14. The number of benzene rings is 1. The fourth-order valence-electron chi connectivity index (χ4n) is 1.16. The Balaban J connectivity index is 3.11. The van der Waals surface area contributed by atoms with Crippen LogP contribution in [0.5, 0.6) is 5.75 Å². The number of ether oxygens (including phenoxy) is 1. The molecule has 1 N–H and O–H groups in total. The molecule has 0 amide bonds. The molecule has 1 aromatic carbocycles. The van der Waals surface area contributed by atoms with Crippen LogP contribution in [0.15, 0.2) is 18.2 Å². The van der Waals surface area contributed by atoms with E-state index in [9.17, 15) is 5.11 Å². The topological polar surface area (TPSA) is 29.5 Å². The molecule has 0 radical (unpaired) electrons. The number of rotatable bonds is 2. The van der Waals surface area contributed by atoms with Crippen LogP contribution in [0, 0.1) is 6.92 Å². The van der Waals surface area contributed by atoms with Crippen LogP contribution in [0.3, 0.4) is 0 Å². The summed E-state index contributed by atoms with van der Waals surface area (Å²) >= 11 is 0. The monoisotopic (exact) mass is 166 g/mol. The highest BCUT2D eigenvalue weighted by Crippen LogP contribution is 2.25. The van der Waals surface area contributed by atoms with E-state index in [2.05, 4.69) is 0 Å². The lowest BCUT2D eigenvalue weighted by atomic mass is 10.1. The van der Waals surface area contributed by atoms with Gasteiger partial charge in [0, 0.05) is 5.56 Å². The first-order chi connectivity index (χ1) is 5.65. The molecular formula is C10H14O2. The Morgan fingerprint density at radius 2 is 2.08 bits per heavy atom. The molecule has 2 heteroatoms. The number of aryl methyl sites for hydroxylation is 1. The number of hydrogen-bond donors (Lipinski definition) is 1. The largest absolute Gasteiger partial charge is 0.496 e. The Hall–Kier alpha value is -1.02. The molecule has 0 aliphatic carbocycles. The molecular weight excluding hydrogens is 152 g/mol. The van der Waals surface area contributed by atoms with Crippen molar-refractivity contribution in [3.05, 3.63) is 29.3 Å². The van der Waals surface area contributed by atoms with Crippen molar-refractivity contribution >= 4 is 0 Å². The Labute approximate surface area is 72.8 Å². The van der Waals surface area contributed by atoms with Gasteiger partial charge in [-0.2, -0.15) is 0 Å². The Kier molecular flexibility index (Phi) is 2.71. The molecule has 0 saturated carbocycles. The van der Waals surface area contributed by atoms with Gasteiger partial charge in [0.2, 0.25) is 0 Å². The highest BCUT2D eigenvalue weighted by molar-refractivity contribution is 5.38. The summed E-state index contributed by atoms with van der Waals surface area (Å²) < 4.78 is 5.13. The van der Waals surface area contributed by atoms with E-state index >= 15 is 0 Å².